The number of nitrogen functional groups attached to an aromatic ring is 1. The topological polar surface area (TPSA) is 75.4 Å². The molecule has 0 atom stereocenters. The zero-order valence-electron chi connectivity index (χ0n) is 12.4. The normalized spacial score (nSPS) is 11.0. The number of rotatable bonds is 6. The van der Waals surface area contributed by atoms with Gasteiger partial charge >= 0.3 is 0 Å². The van der Waals surface area contributed by atoms with Crippen LogP contribution in [0.4, 0.5) is 22.7 Å². The molecular formula is C16H19N3O2S. The number of nitrogens with two attached hydrogens (primary N) is 1. The minimum absolute atomic E-state index is 0.132. The first-order valence-electron chi connectivity index (χ1n) is 6.72. The largest absolute Gasteiger partial charge is 0.399 e. The Labute approximate surface area is 131 Å². The van der Waals surface area contributed by atoms with Gasteiger partial charge in [-0.25, -0.2) is 8.42 Å². The van der Waals surface area contributed by atoms with Crippen LogP contribution in [0.15, 0.2) is 61.2 Å². The number of nitrogens with zero attached hydrogens (tertiary/aromatic N) is 1. The van der Waals surface area contributed by atoms with Gasteiger partial charge in [-0.2, -0.15) is 0 Å². The van der Waals surface area contributed by atoms with Gasteiger partial charge in [0.25, 0.3) is 0 Å². The molecule has 0 amide bonds. The Bertz CT molecular complexity index is 755. The summed E-state index contributed by atoms with van der Waals surface area (Å²) in [4.78, 5) is 1.89. The van der Waals surface area contributed by atoms with Crippen LogP contribution in [0.1, 0.15) is 0 Å². The molecule has 22 heavy (non-hydrogen) atoms. The molecule has 0 saturated carbocycles. The zero-order chi connectivity index (χ0) is 16.2. The summed E-state index contributed by atoms with van der Waals surface area (Å²) in [6.45, 7) is 3.46. The molecule has 2 aromatic carbocycles. The lowest BCUT2D eigenvalue weighted by Crippen LogP contribution is -2.18. The molecule has 0 aliphatic rings. The molecule has 0 unspecified atom stereocenters. The van der Waals surface area contributed by atoms with E-state index in [-0.39, 0.29) is 5.75 Å². The van der Waals surface area contributed by atoms with Gasteiger partial charge in [-0.05, 0) is 36.4 Å². The van der Waals surface area contributed by atoms with E-state index in [0.717, 1.165) is 11.4 Å². The fourth-order valence-corrected chi connectivity index (χ4v) is 2.96. The minimum atomic E-state index is -3.44. The van der Waals surface area contributed by atoms with Crippen molar-refractivity contribution in [2.24, 2.45) is 0 Å². The summed E-state index contributed by atoms with van der Waals surface area (Å²) in [5.41, 5.74) is 8.54. The molecule has 0 fully saturated rings. The average molecular weight is 317 g/mol. The lowest BCUT2D eigenvalue weighted by molar-refractivity contribution is 0.604. The monoisotopic (exact) mass is 317 g/mol. The van der Waals surface area contributed by atoms with Crippen molar-refractivity contribution in [1.29, 1.82) is 0 Å². The van der Waals surface area contributed by atoms with Gasteiger partial charge in [0.15, 0.2) is 0 Å². The van der Waals surface area contributed by atoms with Gasteiger partial charge in [0.1, 0.15) is 0 Å². The van der Waals surface area contributed by atoms with Crippen LogP contribution < -0.4 is 15.4 Å². The number of nitrogens with one attached hydrogen (secondary N) is 1. The minimum Gasteiger partial charge on any atom is -0.399 e. The van der Waals surface area contributed by atoms with E-state index in [1.165, 1.54) is 6.08 Å². The van der Waals surface area contributed by atoms with Crippen molar-refractivity contribution in [3.63, 3.8) is 0 Å². The summed E-state index contributed by atoms with van der Waals surface area (Å²) in [5.74, 6) is -0.132. The molecule has 6 heteroatoms. The number of para-hydroxylation sites is 2. The van der Waals surface area contributed by atoms with Crippen LogP contribution in [0.3, 0.4) is 0 Å². The summed E-state index contributed by atoms with van der Waals surface area (Å²) < 4.78 is 26.5. The van der Waals surface area contributed by atoms with Crippen LogP contribution >= 0.6 is 0 Å². The second-order valence-electron chi connectivity index (χ2n) is 4.84. The number of sulfonamides is 1. The molecular weight excluding hydrogens is 298 g/mol. The van der Waals surface area contributed by atoms with E-state index in [1.807, 2.05) is 36.2 Å². The van der Waals surface area contributed by atoms with Crippen molar-refractivity contribution in [3.05, 3.63) is 61.2 Å². The molecule has 0 spiro atoms. The Hall–Kier alpha value is -2.47. The van der Waals surface area contributed by atoms with Crippen LogP contribution in [-0.2, 0) is 10.0 Å². The molecule has 0 heterocycles. The summed E-state index contributed by atoms with van der Waals surface area (Å²) in [7, 11) is -1.58. The highest BCUT2D eigenvalue weighted by atomic mass is 32.2. The van der Waals surface area contributed by atoms with Crippen LogP contribution in [0.25, 0.3) is 0 Å². The summed E-state index contributed by atoms with van der Waals surface area (Å²) >= 11 is 0. The Morgan fingerprint density at radius 2 is 1.82 bits per heavy atom. The molecule has 0 bridgehead atoms. The predicted octanol–water partition coefficient (Wildman–Crippen LogP) is 2.96. The molecule has 0 aliphatic carbocycles. The van der Waals surface area contributed by atoms with Crippen molar-refractivity contribution in [2.75, 3.05) is 28.2 Å². The molecule has 0 saturated heterocycles. The standard InChI is InChI=1S/C16H19N3O2S/c1-3-12-22(20,21)18-15-6-4-5-7-16(15)19(2)14-10-8-13(17)9-11-14/h3-11,18H,1,12,17H2,2H3. The molecule has 0 aromatic heterocycles. The lowest BCUT2D eigenvalue weighted by Gasteiger charge is -2.23. The second-order valence-corrected chi connectivity index (χ2v) is 6.61. The number of anilines is 4. The summed E-state index contributed by atoms with van der Waals surface area (Å²) in [6, 6.07) is 14.6. The highest BCUT2D eigenvalue weighted by molar-refractivity contribution is 7.92. The smallest absolute Gasteiger partial charge is 0.236 e. The van der Waals surface area contributed by atoms with Crippen molar-refractivity contribution in [2.45, 2.75) is 0 Å². The third-order valence-electron chi connectivity index (χ3n) is 3.15. The first-order valence-corrected chi connectivity index (χ1v) is 8.38. The second kappa shape index (κ2) is 6.53. The van der Waals surface area contributed by atoms with E-state index in [2.05, 4.69) is 11.3 Å². The van der Waals surface area contributed by atoms with E-state index in [9.17, 15) is 8.42 Å². The van der Waals surface area contributed by atoms with Gasteiger partial charge in [-0.1, -0.05) is 18.2 Å². The highest BCUT2D eigenvalue weighted by Gasteiger charge is 2.14. The van der Waals surface area contributed by atoms with E-state index < -0.39 is 10.0 Å². The van der Waals surface area contributed by atoms with Crippen molar-refractivity contribution < 1.29 is 8.42 Å². The Balaban J connectivity index is 2.35. The predicted molar refractivity (Wildman–Crippen MR) is 93.0 cm³/mol. The van der Waals surface area contributed by atoms with Gasteiger partial charge in [-0.15, -0.1) is 6.58 Å². The molecule has 2 aromatic rings. The fraction of sp³-hybridized carbons (Fsp3) is 0.125. The average Bonchev–Trinajstić information content (AvgIpc) is 2.47. The maximum atomic E-state index is 11.9. The number of hydrogen-bond acceptors (Lipinski definition) is 4. The van der Waals surface area contributed by atoms with Crippen LogP contribution in [0.2, 0.25) is 0 Å². The Morgan fingerprint density at radius 1 is 1.18 bits per heavy atom. The van der Waals surface area contributed by atoms with Crippen LogP contribution in [0, 0.1) is 0 Å². The lowest BCUT2D eigenvalue weighted by atomic mass is 10.2. The SMILES string of the molecule is C=CCS(=O)(=O)Nc1ccccc1N(C)c1ccc(N)cc1. The van der Waals surface area contributed by atoms with E-state index in [1.54, 1.807) is 24.3 Å². The molecule has 3 N–H and O–H groups in total. The van der Waals surface area contributed by atoms with Crippen LogP contribution in [-0.4, -0.2) is 21.2 Å². The van der Waals surface area contributed by atoms with Gasteiger partial charge in [-0.3, -0.25) is 4.72 Å². The quantitative estimate of drug-likeness (QED) is 0.634. The molecule has 0 radical (unpaired) electrons. The first kappa shape index (κ1) is 15.9. The van der Waals surface area contributed by atoms with Crippen molar-refractivity contribution in [1.82, 2.24) is 0 Å². The third-order valence-corrected chi connectivity index (χ3v) is 4.35. The molecule has 2 rings (SSSR count). The van der Waals surface area contributed by atoms with Crippen LogP contribution in [0.5, 0.6) is 0 Å². The maximum absolute atomic E-state index is 11.9. The third kappa shape index (κ3) is 3.79. The van der Waals surface area contributed by atoms with Gasteiger partial charge in [0.05, 0.1) is 17.1 Å². The van der Waals surface area contributed by atoms with E-state index >= 15 is 0 Å². The van der Waals surface area contributed by atoms with Crippen molar-refractivity contribution in [3.8, 4) is 0 Å². The van der Waals surface area contributed by atoms with Gasteiger partial charge in [0, 0.05) is 18.4 Å². The van der Waals surface area contributed by atoms with Gasteiger partial charge in [0.2, 0.25) is 10.0 Å². The van der Waals surface area contributed by atoms with Crippen molar-refractivity contribution >= 4 is 32.8 Å². The number of hydrogen-bond donors (Lipinski definition) is 2. The molecule has 5 nitrogen and oxygen atoms in total. The Morgan fingerprint density at radius 3 is 2.45 bits per heavy atom. The van der Waals surface area contributed by atoms with E-state index in [0.29, 0.717) is 11.4 Å². The summed E-state index contributed by atoms with van der Waals surface area (Å²) in [5, 5.41) is 0. The van der Waals surface area contributed by atoms with Gasteiger partial charge < -0.3 is 10.6 Å². The zero-order valence-corrected chi connectivity index (χ0v) is 13.2. The molecule has 116 valence electrons. The highest BCUT2D eigenvalue weighted by Crippen LogP contribution is 2.31. The summed E-state index contributed by atoms with van der Waals surface area (Å²) in [6.07, 6.45) is 1.36. The van der Waals surface area contributed by atoms with E-state index in [4.69, 9.17) is 5.73 Å². The molecule has 0 aliphatic heterocycles. The fourth-order valence-electron chi connectivity index (χ4n) is 2.05. The first-order chi connectivity index (χ1) is 10.4. The number of benzene rings is 2. The Kier molecular flexibility index (Phi) is 4.72. The maximum Gasteiger partial charge on any atom is 0.236 e.